The van der Waals surface area contributed by atoms with Crippen LogP contribution < -0.4 is 11.1 Å². The molecule has 0 radical (unpaired) electrons. The molecule has 0 unspecified atom stereocenters. The first-order chi connectivity index (χ1) is 8.56. The van der Waals surface area contributed by atoms with Crippen molar-refractivity contribution in [2.45, 2.75) is 45.6 Å². The second-order valence-corrected chi connectivity index (χ2v) is 5.52. The third kappa shape index (κ3) is 3.03. The van der Waals surface area contributed by atoms with Crippen LogP contribution in [-0.4, -0.2) is 11.9 Å². The molecule has 3 nitrogen and oxygen atoms in total. The summed E-state index contributed by atoms with van der Waals surface area (Å²) in [7, 11) is 0. The number of nitrogens with two attached hydrogens (primary N) is 1. The van der Waals surface area contributed by atoms with Gasteiger partial charge in [0, 0.05) is 11.7 Å². The molecule has 1 saturated carbocycles. The van der Waals surface area contributed by atoms with Crippen LogP contribution in [0.2, 0.25) is 0 Å². The van der Waals surface area contributed by atoms with Crippen molar-refractivity contribution in [3.05, 3.63) is 29.3 Å². The average molecular weight is 246 g/mol. The molecular formula is C15H22N2O. The molecule has 1 amide bonds. The Kier molecular flexibility index (Phi) is 3.90. The Morgan fingerprint density at radius 2 is 1.94 bits per heavy atom. The fraction of sp³-hybridized carbons (Fsp3) is 0.533. The lowest BCUT2D eigenvalue weighted by molar-refractivity contribution is 0.0924. The number of hydrogen-bond acceptors (Lipinski definition) is 2. The highest BCUT2D eigenvalue weighted by Crippen LogP contribution is 2.24. The average Bonchev–Trinajstić information content (AvgIpc) is 2.32. The van der Waals surface area contributed by atoms with Gasteiger partial charge in [-0.3, -0.25) is 4.79 Å². The van der Waals surface area contributed by atoms with E-state index in [1.807, 2.05) is 25.1 Å². The lowest BCUT2D eigenvalue weighted by Gasteiger charge is -2.27. The molecule has 1 aromatic carbocycles. The first-order valence-electron chi connectivity index (χ1n) is 6.73. The number of anilines is 1. The number of carbonyl (C=O) groups excluding carboxylic acids is 1. The molecule has 3 heteroatoms. The Bertz CT molecular complexity index is 434. The summed E-state index contributed by atoms with van der Waals surface area (Å²) in [5.74, 6) is 0.759. The largest absolute Gasteiger partial charge is 0.398 e. The van der Waals surface area contributed by atoms with Crippen LogP contribution >= 0.6 is 0 Å². The molecule has 1 aromatic rings. The molecule has 0 bridgehead atoms. The first kappa shape index (κ1) is 12.9. The second kappa shape index (κ2) is 5.42. The minimum atomic E-state index is -0.0351. The van der Waals surface area contributed by atoms with Gasteiger partial charge in [-0.25, -0.2) is 0 Å². The third-order valence-electron chi connectivity index (χ3n) is 3.80. The van der Waals surface area contributed by atoms with Crippen molar-refractivity contribution in [2.24, 2.45) is 5.92 Å². The highest BCUT2D eigenvalue weighted by atomic mass is 16.1. The summed E-state index contributed by atoms with van der Waals surface area (Å²) in [5, 5.41) is 3.10. The highest BCUT2D eigenvalue weighted by Gasteiger charge is 2.20. The number of nitrogen functional groups attached to an aromatic ring is 1. The summed E-state index contributed by atoms with van der Waals surface area (Å²) >= 11 is 0. The maximum Gasteiger partial charge on any atom is 0.253 e. The number of hydrogen-bond donors (Lipinski definition) is 2. The van der Waals surface area contributed by atoms with Gasteiger partial charge < -0.3 is 11.1 Å². The number of benzene rings is 1. The van der Waals surface area contributed by atoms with Gasteiger partial charge in [0.2, 0.25) is 0 Å². The lowest BCUT2D eigenvalue weighted by atomic mass is 9.87. The molecule has 0 atom stereocenters. The molecule has 0 aliphatic heterocycles. The van der Waals surface area contributed by atoms with Crippen molar-refractivity contribution in [3.63, 3.8) is 0 Å². The van der Waals surface area contributed by atoms with Crippen LogP contribution in [0.3, 0.4) is 0 Å². The van der Waals surface area contributed by atoms with Crippen molar-refractivity contribution in [2.75, 3.05) is 5.73 Å². The molecule has 0 spiro atoms. The highest BCUT2D eigenvalue weighted by molar-refractivity contribution is 5.99. The number of aryl methyl sites for hydroxylation is 1. The zero-order chi connectivity index (χ0) is 13.1. The van der Waals surface area contributed by atoms with Gasteiger partial charge in [0.25, 0.3) is 5.91 Å². The lowest BCUT2D eigenvalue weighted by Crippen LogP contribution is -2.37. The number of nitrogens with one attached hydrogen (secondary N) is 1. The van der Waals surface area contributed by atoms with E-state index in [1.54, 1.807) is 0 Å². The van der Waals surface area contributed by atoms with Gasteiger partial charge in [-0.2, -0.15) is 0 Å². The number of rotatable bonds is 2. The van der Waals surface area contributed by atoms with Crippen molar-refractivity contribution in [1.29, 1.82) is 0 Å². The van der Waals surface area contributed by atoms with E-state index in [2.05, 4.69) is 12.2 Å². The Hall–Kier alpha value is -1.51. The van der Waals surface area contributed by atoms with Gasteiger partial charge in [0.05, 0.1) is 5.56 Å². The number of carbonyl (C=O) groups is 1. The SMILES string of the molecule is Cc1ccc(C(=O)NC2CCC(C)CC2)c(N)c1. The normalized spacial score (nSPS) is 23.7. The predicted octanol–water partition coefficient (Wildman–Crippen LogP) is 2.89. The van der Waals surface area contributed by atoms with Crippen molar-refractivity contribution >= 4 is 11.6 Å². The molecular weight excluding hydrogens is 224 g/mol. The van der Waals surface area contributed by atoms with E-state index >= 15 is 0 Å². The maximum atomic E-state index is 12.1. The topological polar surface area (TPSA) is 55.1 Å². The Morgan fingerprint density at radius 1 is 1.28 bits per heavy atom. The molecule has 0 saturated heterocycles. The summed E-state index contributed by atoms with van der Waals surface area (Å²) in [6, 6.07) is 5.90. The van der Waals surface area contributed by atoms with E-state index in [-0.39, 0.29) is 5.91 Å². The van der Waals surface area contributed by atoms with E-state index in [4.69, 9.17) is 5.73 Å². The van der Waals surface area contributed by atoms with Crippen molar-refractivity contribution < 1.29 is 4.79 Å². The zero-order valence-corrected chi connectivity index (χ0v) is 11.2. The fourth-order valence-corrected chi connectivity index (χ4v) is 2.56. The van der Waals surface area contributed by atoms with Gasteiger partial charge in [0.15, 0.2) is 0 Å². The molecule has 98 valence electrons. The second-order valence-electron chi connectivity index (χ2n) is 5.52. The predicted molar refractivity (Wildman–Crippen MR) is 74.5 cm³/mol. The summed E-state index contributed by atoms with van der Waals surface area (Å²) < 4.78 is 0. The van der Waals surface area contributed by atoms with E-state index in [9.17, 15) is 4.79 Å². The molecule has 18 heavy (non-hydrogen) atoms. The molecule has 0 aromatic heterocycles. The molecule has 1 aliphatic carbocycles. The van der Waals surface area contributed by atoms with E-state index in [0.717, 1.165) is 24.3 Å². The van der Waals surface area contributed by atoms with Crippen LogP contribution in [0, 0.1) is 12.8 Å². The minimum absolute atomic E-state index is 0.0351. The first-order valence-corrected chi connectivity index (χ1v) is 6.73. The van der Waals surface area contributed by atoms with Gasteiger partial charge in [0.1, 0.15) is 0 Å². The minimum Gasteiger partial charge on any atom is -0.398 e. The summed E-state index contributed by atoms with van der Waals surface area (Å²) in [6.07, 6.45) is 4.57. The molecule has 1 aliphatic rings. The van der Waals surface area contributed by atoms with E-state index in [1.165, 1.54) is 12.8 Å². The van der Waals surface area contributed by atoms with Crippen LogP contribution in [0.1, 0.15) is 48.5 Å². The van der Waals surface area contributed by atoms with Gasteiger partial charge in [-0.15, -0.1) is 0 Å². The van der Waals surface area contributed by atoms with Gasteiger partial charge in [-0.1, -0.05) is 13.0 Å². The van der Waals surface area contributed by atoms with Crippen molar-refractivity contribution in [3.8, 4) is 0 Å². The Balaban J connectivity index is 1.99. The molecule has 3 N–H and O–H groups in total. The van der Waals surface area contributed by atoms with Crippen LogP contribution in [0.25, 0.3) is 0 Å². The van der Waals surface area contributed by atoms with Gasteiger partial charge in [-0.05, 0) is 56.2 Å². The van der Waals surface area contributed by atoms with E-state index < -0.39 is 0 Å². The smallest absolute Gasteiger partial charge is 0.253 e. The summed E-state index contributed by atoms with van der Waals surface area (Å²) in [5.41, 5.74) is 8.13. The Labute approximate surface area is 109 Å². The molecule has 1 fully saturated rings. The number of amides is 1. The monoisotopic (exact) mass is 246 g/mol. The zero-order valence-electron chi connectivity index (χ0n) is 11.2. The van der Waals surface area contributed by atoms with Crippen LogP contribution in [0.4, 0.5) is 5.69 Å². The summed E-state index contributed by atoms with van der Waals surface area (Å²) in [6.45, 7) is 4.25. The molecule has 0 heterocycles. The van der Waals surface area contributed by atoms with E-state index in [0.29, 0.717) is 17.3 Å². The van der Waals surface area contributed by atoms with Crippen LogP contribution in [-0.2, 0) is 0 Å². The van der Waals surface area contributed by atoms with Crippen LogP contribution in [0.5, 0.6) is 0 Å². The molecule has 2 rings (SSSR count). The van der Waals surface area contributed by atoms with Gasteiger partial charge >= 0.3 is 0 Å². The maximum absolute atomic E-state index is 12.1. The van der Waals surface area contributed by atoms with Crippen molar-refractivity contribution in [1.82, 2.24) is 5.32 Å². The standard InChI is InChI=1S/C15H22N2O/c1-10-3-6-12(7-4-10)17-15(18)13-8-5-11(2)9-14(13)16/h5,8-10,12H,3-4,6-7,16H2,1-2H3,(H,17,18). The Morgan fingerprint density at radius 3 is 2.56 bits per heavy atom. The summed E-state index contributed by atoms with van der Waals surface area (Å²) in [4.78, 5) is 12.1. The quantitative estimate of drug-likeness (QED) is 0.788. The van der Waals surface area contributed by atoms with Crippen LogP contribution in [0.15, 0.2) is 18.2 Å². The third-order valence-corrected chi connectivity index (χ3v) is 3.80. The fourth-order valence-electron chi connectivity index (χ4n) is 2.56.